The molecule has 1 atom stereocenters. The monoisotopic (exact) mass is 234 g/mol. The van der Waals surface area contributed by atoms with E-state index >= 15 is 0 Å². The third kappa shape index (κ3) is 2.22. The van der Waals surface area contributed by atoms with Gasteiger partial charge in [0.1, 0.15) is 17.7 Å². The maximum atomic E-state index is 13.7. The second-order valence-corrected chi connectivity index (χ2v) is 4.00. The Morgan fingerprint density at radius 3 is 2.88 bits per heavy atom. The van der Waals surface area contributed by atoms with E-state index in [0.29, 0.717) is 12.4 Å². The first kappa shape index (κ1) is 11.8. The number of rotatable bonds is 3. The lowest BCUT2D eigenvalue weighted by Crippen LogP contribution is -2.10. The van der Waals surface area contributed by atoms with Gasteiger partial charge >= 0.3 is 0 Å². The minimum Gasteiger partial charge on any atom is -0.380 e. The predicted octanol–water partition coefficient (Wildman–Crippen LogP) is 2.43. The topological polar surface area (TPSA) is 38.0 Å². The fourth-order valence-electron chi connectivity index (χ4n) is 1.83. The summed E-state index contributed by atoms with van der Waals surface area (Å²) in [7, 11) is 0. The lowest BCUT2D eigenvalue weighted by atomic mass is 10.1. The number of aromatic nitrogens is 2. The molecular formula is C13H15FN2O. The lowest BCUT2D eigenvalue weighted by Gasteiger charge is -2.13. The molecule has 4 heteroatoms. The minimum absolute atomic E-state index is 0.261. The van der Waals surface area contributed by atoms with Crippen molar-refractivity contribution in [2.45, 2.75) is 26.5 Å². The highest BCUT2D eigenvalue weighted by Crippen LogP contribution is 2.23. The maximum Gasteiger partial charge on any atom is 0.142 e. The third-order valence-electron chi connectivity index (χ3n) is 2.78. The van der Waals surface area contributed by atoms with E-state index in [-0.39, 0.29) is 5.56 Å². The fourth-order valence-corrected chi connectivity index (χ4v) is 1.83. The number of hydrogen-bond donors (Lipinski definition) is 1. The first-order chi connectivity index (χ1) is 8.13. The van der Waals surface area contributed by atoms with Gasteiger partial charge in [-0.05, 0) is 25.5 Å². The molecule has 0 saturated heterocycles. The van der Waals surface area contributed by atoms with Gasteiger partial charge in [-0.15, -0.1) is 0 Å². The summed E-state index contributed by atoms with van der Waals surface area (Å²) in [6, 6.07) is 4.79. The van der Waals surface area contributed by atoms with Crippen LogP contribution in [0.5, 0.6) is 0 Å². The number of aliphatic hydroxyl groups excluding tert-OH is 1. The van der Waals surface area contributed by atoms with E-state index in [4.69, 9.17) is 0 Å². The number of aliphatic hydroxyl groups is 1. The van der Waals surface area contributed by atoms with Crippen LogP contribution in [-0.4, -0.2) is 14.7 Å². The van der Waals surface area contributed by atoms with Crippen molar-refractivity contribution in [3.8, 4) is 0 Å². The second-order valence-electron chi connectivity index (χ2n) is 4.00. The summed E-state index contributed by atoms with van der Waals surface area (Å²) in [5.74, 6) is 0.0680. The van der Waals surface area contributed by atoms with Crippen molar-refractivity contribution in [3.63, 3.8) is 0 Å². The summed E-state index contributed by atoms with van der Waals surface area (Å²) in [6.45, 7) is 4.45. The van der Waals surface area contributed by atoms with Crippen LogP contribution in [0.3, 0.4) is 0 Å². The van der Waals surface area contributed by atoms with Gasteiger partial charge in [0.2, 0.25) is 0 Å². The van der Waals surface area contributed by atoms with Gasteiger partial charge in [0.25, 0.3) is 0 Å². The molecule has 17 heavy (non-hydrogen) atoms. The van der Waals surface area contributed by atoms with Crippen LogP contribution in [0.2, 0.25) is 0 Å². The Balaban J connectivity index is 2.40. The first-order valence-corrected chi connectivity index (χ1v) is 5.58. The van der Waals surface area contributed by atoms with Crippen LogP contribution in [-0.2, 0) is 6.54 Å². The molecule has 0 bridgehead atoms. The largest absolute Gasteiger partial charge is 0.380 e. The molecule has 0 aliphatic carbocycles. The van der Waals surface area contributed by atoms with Crippen LogP contribution in [0, 0.1) is 12.7 Å². The molecule has 0 fully saturated rings. The number of nitrogens with zero attached hydrogens (tertiary/aromatic N) is 2. The standard InChI is InChI=1S/C13H15FN2O/c1-3-16-7-6-15-13(16)12(17)10-5-4-9(2)8-11(10)14/h4-8,12,17H,3H2,1-2H3. The van der Waals surface area contributed by atoms with Gasteiger partial charge in [0.15, 0.2) is 0 Å². The summed E-state index contributed by atoms with van der Waals surface area (Å²) in [5.41, 5.74) is 1.09. The van der Waals surface area contributed by atoms with Crippen molar-refractivity contribution in [2.24, 2.45) is 0 Å². The molecule has 2 rings (SSSR count). The van der Waals surface area contributed by atoms with Crippen LogP contribution in [0.4, 0.5) is 4.39 Å². The first-order valence-electron chi connectivity index (χ1n) is 5.58. The summed E-state index contributed by atoms with van der Waals surface area (Å²) in [5, 5.41) is 10.1. The van der Waals surface area contributed by atoms with E-state index in [1.165, 1.54) is 6.07 Å². The lowest BCUT2D eigenvalue weighted by molar-refractivity contribution is 0.200. The molecule has 0 aliphatic heterocycles. The third-order valence-corrected chi connectivity index (χ3v) is 2.78. The molecular weight excluding hydrogens is 219 g/mol. The molecule has 0 radical (unpaired) electrons. The molecule has 0 saturated carbocycles. The zero-order valence-electron chi connectivity index (χ0n) is 9.89. The zero-order chi connectivity index (χ0) is 12.4. The molecule has 2 aromatic rings. The van der Waals surface area contributed by atoms with Crippen LogP contribution in [0.1, 0.15) is 30.0 Å². The van der Waals surface area contributed by atoms with Crippen LogP contribution in [0.15, 0.2) is 30.6 Å². The summed E-state index contributed by atoms with van der Waals surface area (Å²) >= 11 is 0. The molecule has 0 spiro atoms. The average molecular weight is 234 g/mol. The maximum absolute atomic E-state index is 13.7. The van der Waals surface area contributed by atoms with Crippen molar-refractivity contribution in [3.05, 3.63) is 53.4 Å². The molecule has 1 heterocycles. The van der Waals surface area contributed by atoms with Crippen LogP contribution >= 0.6 is 0 Å². The average Bonchev–Trinajstić information content (AvgIpc) is 2.76. The van der Waals surface area contributed by atoms with E-state index < -0.39 is 11.9 Å². The van der Waals surface area contributed by atoms with Gasteiger partial charge in [0, 0.05) is 24.5 Å². The number of benzene rings is 1. The summed E-state index contributed by atoms with van der Waals surface area (Å²) in [6.07, 6.45) is 2.35. The Hall–Kier alpha value is -1.68. The Labute approximate surface area is 99.5 Å². The van der Waals surface area contributed by atoms with Crippen molar-refractivity contribution in [1.29, 1.82) is 0 Å². The van der Waals surface area contributed by atoms with Gasteiger partial charge in [-0.1, -0.05) is 12.1 Å². The fraction of sp³-hybridized carbons (Fsp3) is 0.308. The highest BCUT2D eigenvalue weighted by Gasteiger charge is 2.19. The minimum atomic E-state index is -1.02. The van der Waals surface area contributed by atoms with Crippen molar-refractivity contribution in [2.75, 3.05) is 0 Å². The van der Waals surface area contributed by atoms with Crippen molar-refractivity contribution >= 4 is 0 Å². The van der Waals surface area contributed by atoms with Gasteiger partial charge < -0.3 is 9.67 Å². The van der Waals surface area contributed by atoms with Gasteiger partial charge in [0.05, 0.1) is 0 Å². The molecule has 1 N–H and O–H groups in total. The van der Waals surface area contributed by atoms with Gasteiger partial charge in [-0.25, -0.2) is 9.37 Å². The second kappa shape index (κ2) is 4.67. The van der Waals surface area contributed by atoms with E-state index in [2.05, 4.69) is 4.98 Å². The number of halogens is 1. The number of aryl methyl sites for hydroxylation is 2. The SMILES string of the molecule is CCn1ccnc1C(O)c1ccc(C)cc1F. The molecule has 90 valence electrons. The zero-order valence-corrected chi connectivity index (χ0v) is 9.89. The number of hydrogen-bond acceptors (Lipinski definition) is 2. The Morgan fingerprint density at radius 1 is 1.47 bits per heavy atom. The quantitative estimate of drug-likeness (QED) is 0.885. The summed E-state index contributed by atoms with van der Waals surface area (Å²) in [4.78, 5) is 4.07. The predicted molar refractivity (Wildman–Crippen MR) is 63.1 cm³/mol. The van der Waals surface area contributed by atoms with E-state index in [1.54, 1.807) is 29.1 Å². The highest BCUT2D eigenvalue weighted by molar-refractivity contribution is 5.28. The Bertz CT molecular complexity index is 522. The van der Waals surface area contributed by atoms with Gasteiger partial charge in [-0.3, -0.25) is 0 Å². The highest BCUT2D eigenvalue weighted by atomic mass is 19.1. The normalized spacial score (nSPS) is 12.7. The molecule has 1 aromatic carbocycles. The van der Waals surface area contributed by atoms with Crippen LogP contribution < -0.4 is 0 Å². The van der Waals surface area contributed by atoms with E-state index in [0.717, 1.165) is 5.56 Å². The molecule has 3 nitrogen and oxygen atoms in total. The van der Waals surface area contributed by atoms with E-state index in [9.17, 15) is 9.50 Å². The Kier molecular flexibility index (Phi) is 3.24. The Morgan fingerprint density at radius 2 is 2.24 bits per heavy atom. The molecule has 1 aromatic heterocycles. The van der Waals surface area contributed by atoms with Gasteiger partial charge in [-0.2, -0.15) is 0 Å². The molecule has 1 unspecified atom stereocenters. The van der Waals surface area contributed by atoms with Crippen molar-refractivity contribution < 1.29 is 9.50 Å². The van der Waals surface area contributed by atoms with E-state index in [1.807, 2.05) is 13.8 Å². The molecule has 0 amide bonds. The van der Waals surface area contributed by atoms with Crippen LogP contribution in [0.25, 0.3) is 0 Å². The molecule has 0 aliphatic rings. The number of imidazole rings is 1. The smallest absolute Gasteiger partial charge is 0.142 e. The summed E-state index contributed by atoms with van der Waals surface area (Å²) < 4.78 is 15.5. The van der Waals surface area contributed by atoms with Crippen molar-refractivity contribution in [1.82, 2.24) is 9.55 Å².